The summed E-state index contributed by atoms with van der Waals surface area (Å²) in [5.74, 6) is 0.848. The Morgan fingerprint density at radius 2 is 2.20 bits per heavy atom. The van der Waals surface area contributed by atoms with Crippen LogP contribution in [0, 0.1) is 12.8 Å². The smallest absolute Gasteiger partial charge is 0.132 e. The highest BCUT2D eigenvalue weighted by atomic mass is 35.5. The number of aryl methyl sites for hydroxylation is 1. The molecule has 1 aromatic heterocycles. The number of halogens is 1. The van der Waals surface area contributed by atoms with Crippen LogP contribution in [0.4, 0.5) is 5.69 Å². The fourth-order valence-electron chi connectivity index (χ4n) is 2.13. The molecule has 0 amide bonds. The average molecular weight is 225 g/mol. The topological polar surface area (TPSA) is 24.9 Å². The van der Waals surface area contributed by atoms with Crippen molar-refractivity contribution in [2.24, 2.45) is 5.92 Å². The van der Waals surface area contributed by atoms with Crippen LogP contribution in [0.3, 0.4) is 0 Å². The monoisotopic (exact) mass is 224 g/mol. The molecule has 3 heteroatoms. The molecule has 1 fully saturated rings. The van der Waals surface area contributed by atoms with Crippen molar-refractivity contribution < 1.29 is 0 Å². The molecule has 82 valence electrons. The van der Waals surface area contributed by atoms with Gasteiger partial charge in [-0.05, 0) is 37.3 Å². The summed E-state index contributed by atoms with van der Waals surface area (Å²) >= 11 is 5.87. The highest BCUT2D eigenvalue weighted by molar-refractivity contribution is 6.30. The van der Waals surface area contributed by atoms with Crippen LogP contribution in [0.1, 0.15) is 31.2 Å². The first kappa shape index (κ1) is 10.7. The largest absolute Gasteiger partial charge is 0.384 e. The third kappa shape index (κ3) is 2.85. The molecular weight excluding hydrogens is 208 g/mol. The lowest BCUT2D eigenvalue weighted by molar-refractivity contribution is 0.580. The van der Waals surface area contributed by atoms with Gasteiger partial charge in [0.1, 0.15) is 5.15 Å². The zero-order valence-electron chi connectivity index (χ0n) is 9.09. The van der Waals surface area contributed by atoms with E-state index in [-0.39, 0.29) is 0 Å². The van der Waals surface area contributed by atoms with Crippen molar-refractivity contribution in [2.75, 3.05) is 11.9 Å². The zero-order chi connectivity index (χ0) is 10.7. The fraction of sp³-hybridized carbons (Fsp3) is 0.583. The molecule has 0 bridgehead atoms. The number of pyridine rings is 1. The van der Waals surface area contributed by atoms with E-state index in [0.29, 0.717) is 5.15 Å². The number of nitrogens with one attached hydrogen (secondary N) is 1. The summed E-state index contributed by atoms with van der Waals surface area (Å²) in [6, 6.07) is 2.06. The highest BCUT2D eigenvalue weighted by Gasteiger charge is 2.14. The van der Waals surface area contributed by atoms with E-state index in [4.69, 9.17) is 11.6 Å². The Balaban J connectivity index is 1.90. The van der Waals surface area contributed by atoms with Gasteiger partial charge in [-0.15, -0.1) is 0 Å². The lowest BCUT2D eigenvalue weighted by Gasteiger charge is -2.12. The van der Waals surface area contributed by atoms with Gasteiger partial charge in [0.25, 0.3) is 0 Å². The number of rotatable bonds is 3. The molecular formula is C12H17ClN2. The maximum absolute atomic E-state index is 5.87. The van der Waals surface area contributed by atoms with Gasteiger partial charge in [0, 0.05) is 6.54 Å². The molecule has 0 aromatic carbocycles. The zero-order valence-corrected chi connectivity index (χ0v) is 9.85. The molecule has 0 radical (unpaired) electrons. The van der Waals surface area contributed by atoms with Crippen molar-refractivity contribution in [3.05, 3.63) is 23.0 Å². The molecule has 0 saturated heterocycles. The van der Waals surface area contributed by atoms with Gasteiger partial charge in [-0.1, -0.05) is 24.4 Å². The maximum Gasteiger partial charge on any atom is 0.132 e. The Hall–Kier alpha value is -0.760. The SMILES string of the molecule is Cc1cc(NCC2CCCC2)cnc1Cl. The van der Waals surface area contributed by atoms with Crippen molar-refractivity contribution in [3.8, 4) is 0 Å². The molecule has 15 heavy (non-hydrogen) atoms. The molecule has 0 aliphatic heterocycles. The van der Waals surface area contributed by atoms with Crippen LogP contribution in [-0.4, -0.2) is 11.5 Å². The highest BCUT2D eigenvalue weighted by Crippen LogP contribution is 2.25. The molecule has 2 nitrogen and oxygen atoms in total. The third-order valence-electron chi connectivity index (χ3n) is 3.08. The predicted octanol–water partition coefficient (Wildman–Crippen LogP) is 3.65. The van der Waals surface area contributed by atoms with E-state index in [1.54, 1.807) is 0 Å². The van der Waals surface area contributed by atoms with Crippen molar-refractivity contribution in [3.63, 3.8) is 0 Å². The number of hydrogen-bond acceptors (Lipinski definition) is 2. The number of nitrogens with zero attached hydrogens (tertiary/aromatic N) is 1. The van der Waals surface area contributed by atoms with Gasteiger partial charge >= 0.3 is 0 Å². The minimum absolute atomic E-state index is 0.599. The number of hydrogen-bond donors (Lipinski definition) is 1. The summed E-state index contributed by atoms with van der Waals surface area (Å²) in [7, 11) is 0. The van der Waals surface area contributed by atoms with Crippen LogP contribution < -0.4 is 5.32 Å². The van der Waals surface area contributed by atoms with E-state index in [2.05, 4.69) is 16.4 Å². The molecule has 0 atom stereocenters. The molecule has 1 N–H and O–H groups in total. The first-order chi connectivity index (χ1) is 7.25. The van der Waals surface area contributed by atoms with Crippen molar-refractivity contribution >= 4 is 17.3 Å². The van der Waals surface area contributed by atoms with E-state index < -0.39 is 0 Å². The quantitative estimate of drug-likeness (QED) is 0.793. The Morgan fingerprint density at radius 1 is 1.47 bits per heavy atom. The van der Waals surface area contributed by atoms with Gasteiger partial charge in [-0.25, -0.2) is 4.98 Å². The molecule has 1 saturated carbocycles. The van der Waals surface area contributed by atoms with Crippen LogP contribution in [-0.2, 0) is 0 Å². The molecule has 1 aliphatic carbocycles. The molecule has 0 unspecified atom stereocenters. The summed E-state index contributed by atoms with van der Waals surface area (Å²) < 4.78 is 0. The van der Waals surface area contributed by atoms with Gasteiger partial charge < -0.3 is 5.32 Å². The van der Waals surface area contributed by atoms with Crippen molar-refractivity contribution in [1.29, 1.82) is 0 Å². The molecule has 1 heterocycles. The van der Waals surface area contributed by atoms with Gasteiger partial charge in [-0.3, -0.25) is 0 Å². The Labute approximate surface area is 96.1 Å². The summed E-state index contributed by atoms with van der Waals surface area (Å²) in [5, 5.41) is 4.03. The second kappa shape index (κ2) is 4.84. The van der Waals surface area contributed by atoms with E-state index in [9.17, 15) is 0 Å². The summed E-state index contributed by atoms with van der Waals surface area (Å²) in [6.07, 6.45) is 7.33. The van der Waals surface area contributed by atoms with Gasteiger partial charge in [0.15, 0.2) is 0 Å². The van der Waals surface area contributed by atoms with Gasteiger partial charge in [0.2, 0.25) is 0 Å². The Bertz CT molecular complexity index is 332. The van der Waals surface area contributed by atoms with E-state index in [1.165, 1.54) is 25.7 Å². The molecule has 2 rings (SSSR count). The van der Waals surface area contributed by atoms with Crippen LogP contribution in [0.25, 0.3) is 0 Å². The number of aromatic nitrogens is 1. The first-order valence-electron chi connectivity index (χ1n) is 5.62. The normalized spacial score (nSPS) is 16.9. The molecule has 1 aliphatic rings. The van der Waals surface area contributed by atoms with Crippen LogP contribution in [0.15, 0.2) is 12.3 Å². The van der Waals surface area contributed by atoms with Gasteiger partial charge in [0.05, 0.1) is 11.9 Å². The average Bonchev–Trinajstić information content (AvgIpc) is 2.73. The molecule has 1 aromatic rings. The van der Waals surface area contributed by atoms with Crippen LogP contribution >= 0.6 is 11.6 Å². The number of anilines is 1. The second-order valence-electron chi connectivity index (χ2n) is 4.36. The lowest BCUT2D eigenvalue weighted by Crippen LogP contribution is -2.11. The summed E-state index contributed by atoms with van der Waals surface area (Å²) in [5.41, 5.74) is 2.12. The lowest BCUT2D eigenvalue weighted by atomic mass is 10.1. The minimum atomic E-state index is 0.599. The maximum atomic E-state index is 5.87. The Morgan fingerprint density at radius 3 is 2.87 bits per heavy atom. The van der Waals surface area contributed by atoms with Crippen molar-refractivity contribution in [2.45, 2.75) is 32.6 Å². The summed E-state index contributed by atoms with van der Waals surface area (Å²) in [6.45, 7) is 3.05. The van der Waals surface area contributed by atoms with E-state index >= 15 is 0 Å². The predicted molar refractivity (Wildman–Crippen MR) is 64.4 cm³/mol. The van der Waals surface area contributed by atoms with E-state index in [1.807, 2.05) is 13.1 Å². The van der Waals surface area contributed by atoms with Crippen molar-refractivity contribution in [1.82, 2.24) is 4.98 Å². The molecule has 0 spiro atoms. The van der Waals surface area contributed by atoms with Crippen LogP contribution in [0.2, 0.25) is 5.15 Å². The van der Waals surface area contributed by atoms with E-state index in [0.717, 1.165) is 23.7 Å². The fourth-order valence-corrected chi connectivity index (χ4v) is 2.23. The van der Waals surface area contributed by atoms with Crippen LogP contribution in [0.5, 0.6) is 0 Å². The second-order valence-corrected chi connectivity index (χ2v) is 4.72. The summed E-state index contributed by atoms with van der Waals surface area (Å²) in [4.78, 5) is 4.13. The first-order valence-corrected chi connectivity index (χ1v) is 5.99. The third-order valence-corrected chi connectivity index (χ3v) is 3.48. The minimum Gasteiger partial charge on any atom is -0.384 e. The van der Waals surface area contributed by atoms with Gasteiger partial charge in [-0.2, -0.15) is 0 Å². The Kier molecular flexibility index (Phi) is 3.47. The standard InChI is InChI=1S/C12H17ClN2/c1-9-6-11(8-15-12(9)13)14-7-10-4-2-3-5-10/h6,8,10,14H,2-5,7H2,1H3.